The third-order valence-electron chi connectivity index (χ3n) is 5.50. The number of amides is 1. The number of benzene rings is 1. The summed E-state index contributed by atoms with van der Waals surface area (Å²) in [6.07, 6.45) is 7.05. The first kappa shape index (κ1) is 20.4. The molecule has 30 heavy (non-hydrogen) atoms. The zero-order chi connectivity index (χ0) is 21.1. The fraction of sp³-hybridized carbons (Fsp3) is 0.333. The summed E-state index contributed by atoms with van der Waals surface area (Å²) in [5, 5.41) is 4.46. The van der Waals surface area contributed by atoms with Gasteiger partial charge in [-0.25, -0.2) is 4.79 Å². The van der Waals surface area contributed by atoms with Crippen molar-refractivity contribution < 1.29 is 18.7 Å². The number of carbonyl (C=O) groups is 2. The van der Waals surface area contributed by atoms with E-state index in [1.807, 2.05) is 30.3 Å². The molecule has 2 aromatic heterocycles. The second kappa shape index (κ2) is 8.88. The van der Waals surface area contributed by atoms with E-state index in [9.17, 15) is 9.59 Å². The molecular formula is C24H25NO4S. The summed E-state index contributed by atoms with van der Waals surface area (Å²) in [6, 6.07) is 9.58. The van der Waals surface area contributed by atoms with E-state index >= 15 is 0 Å². The monoisotopic (exact) mass is 423 g/mol. The summed E-state index contributed by atoms with van der Waals surface area (Å²) in [4.78, 5) is 26.4. The molecule has 1 aromatic carbocycles. The van der Waals surface area contributed by atoms with Crippen LogP contribution in [0.15, 0.2) is 40.8 Å². The lowest BCUT2D eigenvalue weighted by Gasteiger charge is -2.20. The van der Waals surface area contributed by atoms with Crippen molar-refractivity contribution in [1.82, 2.24) is 0 Å². The van der Waals surface area contributed by atoms with Gasteiger partial charge in [0, 0.05) is 16.3 Å². The molecule has 4 rings (SSSR count). The highest BCUT2D eigenvalue weighted by Crippen LogP contribution is 2.40. The Kier molecular flexibility index (Phi) is 6.04. The van der Waals surface area contributed by atoms with E-state index in [1.54, 1.807) is 13.0 Å². The maximum atomic E-state index is 12.6. The third-order valence-corrected chi connectivity index (χ3v) is 6.67. The number of hydrogen-bond donors (Lipinski definition) is 1. The van der Waals surface area contributed by atoms with Crippen LogP contribution in [-0.2, 0) is 22.4 Å². The lowest BCUT2D eigenvalue weighted by molar-refractivity contribution is -0.111. The van der Waals surface area contributed by atoms with Crippen molar-refractivity contribution in [3.8, 4) is 0 Å². The van der Waals surface area contributed by atoms with Gasteiger partial charge in [-0.15, -0.1) is 11.3 Å². The first-order chi connectivity index (χ1) is 14.6. The molecule has 0 radical (unpaired) electrons. The molecule has 0 aliphatic heterocycles. The summed E-state index contributed by atoms with van der Waals surface area (Å²) in [6.45, 7) is 4.29. The maximum absolute atomic E-state index is 12.6. The average Bonchev–Trinajstić information content (AvgIpc) is 3.32. The summed E-state index contributed by atoms with van der Waals surface area (Å²) in [7, 11) is 0. The molecule has 0 fully saturated rings. The minimum atomic E-state index is -0.360. The van der Waals surface area contributed by atoms with E-state index in [0.717, 1.165) is 42.2 Å². The lowest BCUT2D eigenvalue weighted by Crippen LogP contribution is -2.16. The fourth-order valence-electron chi connectivity index (χ4n) is 3.91. The normalized spacial score (nSPS) is 16.0. The van der Waals surface area contributed by atoms with E-state index in [2.05, 4.69) is 12.2 Å². The Labute approximate surface area is 179 Å². The van der Waals surface area contributed by atoms with Crippen molar-refractivity contribution in [3.63, 3.8) is 0 Å². The number of rotatable bonds is 6. The molecule has 0 saturated carbocycles. The molecular weight excluding hydrogens is 398 g/mol. The van der Waals surface area contributed by atoms with Gasteiger partial charge < -0.3 is 14.5 Å². The molecule has 5 nitrogen and oxygen atoms in total. The molecule has 2 heterocycles. The molecule has 0 bridgehead atoms. The van der Waals surface area contributed by atoms with E-state index < -0.39 is 0 Å². The Morgan fingerprint density at radius 2 is 2.13 bits per heavy atom. The molecule has 1 atom stereocenters. The van der Waals surface area contributed by atoms with Gasteiger partial charge in [-0.05, 0) is 55.9 Å². The SMILES string of the molecule is CCOC(=O)c1c(NC(=O)/C=C/c2cc3ccccc3o2)sc2c1CC[C@@H](CC)C2. The van der Waals surface area contributed by atoms with Crippen LogP contribution in [0.1, 0.15) is 53.2 Å². The number of furan rings is 1. The maximum Gasteiger partial charge on any atom is 0.341 e. The van der Waals surface area contributed by atoms with Gasteiger partial charge in [-0.3, -0.25) is 4.79 Å². The van der Waals surface area contributed by atoms with Crippen molar-refractivity contribution in [2.45, 2.75) is 39.5 Å². The largest absolute Gasteiger partial charge is 0.462 e. The summed E-state index contributed by atoms with van der Waals surface area (Å²) < 4.78 is 11.0. The van der Waals surface area contributed by atoms with Crippen LogP contribution in [0.2, 0.25) is 0 Å². The van der Waals surface area contributed by atoms with Gasteiger partial charge in [-0.2, -0.15) is 0 Å². The lowest BCUT2D eigenvalue weighted by atomic mass is 9.85. The van der Waals surface area contributed by atoms with Gasteiger partial charge >= 0.3 is 5.97 Å². The van der Waals surface area contributed by atoms with Gasteiger partial charge in [0.1, 0.15) is 16.3 Å². The van der Waals surface area contributed by atoms with Crippen LogP contribution in [-0.4, -0.2) is 18.5 Å². The Balaban J connectivity index is 1.56. The van der Waals surface area contributed by atoms with Crippen LogP contribution in [0.4, 0.5) is 5.00 Å². The van der Waals surface area contributed by atoms with E-state index in [4.69, 9.17) is 9.15 Å². The van der Waals surface area contributed by atoms with Crippen molar-refractivity contribution >= 4 is 45.3 Å². The molecule has 6 heteroatoms. The molecule has 0 unspecified atom stereocenters. The fourth-order valence-corrected chi connectivity index (χ4v) is 5.26. The summed E-state index contributed by atoms with van der Waals surface area (Å²) >= 11 is 1.50. The Morgan fingerprint density at radius 3 is 2.90 bits per heavy atom. The Bertz CT molecular complexity index is 1070. The van der Waals surface area contributed by atoms with Gasteiger partial charge in [-0.1, -0.05) is 31.5 Å². The Hall–Kier alpha value is -2.86. The van der Waals surface area contributed by atoms with Gasteiger partial charge in [0.2, 0.25) is 5.91 Å². The van der Waals surface area contributed by atoms with Crippen LogP contribution in [0.5, 0.6) is 0 Å². The number of hydrogen-bond acceptors (Lipinski definition) is 5. The van der Waals surface area contributed by atoms with Crippen LogP contribution in [0, 0.1) is 5.92 Å². The van der Waals surface area contributed by atoms with Crippen molar-refractivity contribution in [2.24, 2.45) is 5.92 Å². The van der Waals surface area contributed by atoms with Gasteiger partial charge in [0.25, 0.3) is 0 Å². The minimum Gasteiger partial charge on any atom is -0.462 e. The topological polar surface area (TPSA) is 68.5 Å². The molecule has 1 N–H and O–H groups in total. The van der Waals surface area contributed by atoms with Crippen molar-refractivity contribution in [2.75, 3.05) is 11.9 Å². The smallest absolute Gasteiger partial charge is 0.341 e. The number of thiophene rings is 1. The number of esters is 1. The average molecular weight is 424 g/mol. The molecule has 1 aliphatic rings. The first-order valence-corrected chi connectivity index (χ1v) is 11.2. The third kappa shape index (κ3) is 4.19. The predicted molar refractivity (Wildman–Crippen MR) is 120 cm³/mol. The zero-order valence-electron chi connectivity index (χ0n) is 17.2. The molecule has 156 valence electrons. The summed E-state index contributed by atoms with van der Waals surface area (Å²) in [5.41, 5.74) is 2.34. The highest BCUT2D eigenvalue weighted by atomic mass is 32.1. The second-order valence-electron chi connectivity index (χ2n) is 7.45. The zero-order valence-corrected chi connectivity index (χ0v) is 18.0. The molecule has 0 saturated heterocycles. The van der Waals surface area contributed by atoms with Crippen LogP contribution < -0.4 is 5.32 Å². The van der Waals surface area contributed by atoms with Crippen LogP contribution in [0.25, 0.3) is 17.0 Å². The quantitative estimate of drug-likeness (QED) is 0.400. The molecule has 3 aromatic rings. The van der Waals surface area contributed by atoms with Gasteiger partial charge in [0.15, 0.2) is 0 Å². The number of anilines is 1. The van der Waals surface area contributed by atoms with Crippen LogP contribution in [0.3, 0.4) is 0 Å². The second-order valence-corrected chi connectivity index (χ2v) is 8.56. The van der Waals surface area contributed by atoms with Crippen molar-refractivity contribution in [1.29, 1.82) is 0 Å². The van der Waals surface area contributed by atoms with Gasteiger partial charge in [0.05, 0.1) is 12.2 Å². The standard InChI is InChI=1S/C24H25NO4S/c1-3-15-9-11-18-20(13-15)30-23(22(18)24(27)28-4-2)25-21(26)12-10-17-14-16-7-5-6-8-19(16)29-17/h5-8,10,12,14-15H,3-4,9,11,13H2,1-2H3,(H,25,26)/b12-10+/t15-/m1/s1. The number of fused-ring (bicyclic) bond motifs is 2. The Morgan fingerprint density at radius 1 is 1.30 bits per heavy atom. The molecule has 1 aliphatic carbocycles. The number of carbonyl (C=O) groups excluding carboxylic acids is 2. The highest BCUT2D eigenvalue weighted by Gasteiger charge is 2.29. The summed E-state index contributed by atoms with van der Waals surface area (Å²) in [5.74, 6) is 0.573. The number of nitrogens with one attached hydrogen (secondary N) is 1. The van der Waals surface area contributed by atoms with E-state index in [-0.39, 0.29) is 11.9 Å². The molecule has 0 spiro atoms. The number of para-hydroxylation sites is 1. The van der Waals surface area contributed by atoms with E-state index in [1.165, 1.54) is 22.3 Å². The molecule has 1 amide bonds. The minimum absolute atomic E-state index is 0.299. The highest BCUT2D eigenvalue weighted by molar-refractivity contribution is 7.17. The predicted octanol–water partition coefficient (Wildman–Crippen LogP) is 5.84. The van der Waals surface area contributed by atoms with Crippen molar-refractivity contribution in [3.05, 3.63) is 58.2 Å². The van der Waals surface area contributed by atoms with Crippen LogP contribution >= 0.6 is 11.3 Å². The first-order valence-electron chi connectivity index (χ1n) is 10.4. The van der Waals surface area contributed by atoms with E-state index in [0.29, 0.717) is 28.8 Å². The number of ether oxygens (including phenoxy) is 1.